The van der Waals surface area contributed by atoms with E-state index < -0.39 is 0 Å². The van der Waals surface area contributed by atoms with E-state index in [4.69, 9.17) is 4.98 Å². The van der Waals surface area contributed by atoms with Gasteiger partial charge in [0.2, 0.25) is 0 Å². The first kappa shape index (κ1) is 14.6. The van der Waals surface area contributed by atoms with Gasteiger partial charge in [-0.2, -0.15) is 0 Å². The van der Waals surface area contributed by atoms with E-state index in [1.165, 1.54) is 49.9 Å². The summed E-state index contributed by atoms with van der Waals surface area (Å²) in [6.45, 7) is 8.35. The van der Waals surface area contributed by atoms with Gasteiger partial charge in [-0.3, -0.25) is 0 Å². The molecule has 0 aromatic carbocycles. The molecule has 1 aromatic rings. The first-order valence-electron chi connectivity index (χ1n) is 8.56. The highest BCUT2D eigenvalue weighted by molar-refractivity contribution is 5.59. The van der Waals surface area contributed by atoms with E-state index in [1.54, 1.807) is 0 Å². The van der Waals surface area contributed by atoms with Crippen LogP contribution in [0.4, 0.5) is 11.6 Å². The molecule has 4 nitrogen and oxygen atoms in total. The SMILES string of the molecule is CCNc1nc(C)nc(N2CCC[C@H]3CCCC[C@H]32)c1C. The molecule has 0 spiro atoms. The monoisotopic (exact) mass is 288 g/mol. The average Bonchev–Trinajstić information content (AvgIpc) is 2.50. The van der Waals surface area contributed by atoms with E-state index in [-0.39, 0.29) is 0 Å². The number of hydrogen-bond acceptors (Lipinski definition) is 4. The molecule has 1 saturated heterocycles. The fourth-order valence-corrected chi connectivity index (χ4v) is 4.12. The van der Waals surface area contributed by atoms with Crippen molar-refractivity contribution in [2.75, 3.05) is 23.3 Å². The Kier molecular flexibility index (Phi) is 4.32. The van der Waals surface area contributed by atoms with Gasteiger partial charge in [0, 0.05) is 24.7 Å². The van der Waals surface area contributed by atoms with Crippen molar-refractivity contribution in [3.63, 3.8) is 0 Å². The van der Waals surface area contributed by atoms with Gasteiger partial charge >= 0.3 is 0 Å². The third kappa shape index (κ3) is 2.85. The average molecular weight is 288 g/mol. The molecule has 2 atom stereocenters. The molecule has 1 aliphatic carbocycles. The van der Waals surface area contributed by atoms with Gasteiger partial charge in [0.15, 0.2) is 0 Å². The molecule has 0 amide bonds. The molecule has 1 aromatic heterocycles. The Morgan fingerprint density at radius 1 is 1.10 bits per heavy atom. The van der Waals surface area contributed by atoms with Gasteiger partial charge in [-0.15, -0.1) is 0 Å². The predicted octanol–water partition coefficient (Wildman–Crippen LogP) is 3.68. The zero-order chi connectivity index (χ0) is 14.8. The highest BCUT2D eigenvalue weighted by Crippen LogP contribution is 2.38. The van der Waals surface area contributed by atoms with Crippen LogP contribution in [0.1, 0.15) is 56.8 Å². The maximum absolute atomic E-state index is 4.81. The summed E-state index contributed by atoms with van der Waals surface area (Å²) in [7, 11) is 0. The van der Waals surface area contributed by atoms with Crippen LogP contribution in [0, 0.1) is 19.8 Å². The Morgan fingerprint density at radius 3 is 2.67 bits per heavy atom. The van der Waals surface area contributed by atoms with Crippen LogP contribution in [0.15, 0.2) is 0 Å². The number of nitrogens with one attached hydrogen (secondary N) is 1. The third-order valence-electron chi connectivity index (χ3n) is 5.09. The van der Waals surface area contributed by atoms with Gasteiger partial charge in [-0.25, -0.2) is 9.97 Å². The molecule has 1 saturated carbocycles. The predicted molar refractivity (Wildman–Crippen MR) is 88.0 cm³/mol. The van der Waals surface area contributed by atoms with Gasteiger partial charge in [0.1, 0.15) is 17.5 Å². The maximum Gasteiger partial charge on any atom is 0.137 e. The molecule has 0 radical (unpaired) electrons. The maximum atomic E-state index is 4.81. The molecule has 116 valence electrons. The Balaban J connectivity index is 1.94. The Labute approximate surface area is 128 Å². The lowest BCUT2D eigenvalue weighted by atomic mass is 9.78. The van der Waals surface area contributed by atoms with Crippen molar-refractivity contribution in [3.8, 4) is 0 Å². The second kappa shape index (κ2) is 6.20. The molecule has 21 heavy (non-hydrogen) atoms. The number of fused-ring (bicyclic) bond motifs is 1. The minimum Gasteiger partial charge on any atom is -0.370 e. The van der Waals surface area contributed by atoms with Crippen molar-refractivity contribution in [3.05, 3.63) is 11.4 Å². The first-order chi connectivity index (χ1) is 10.2. The Morgan fingerprint density at radius 2 is 1.86 bits per heavy atom. The van der Waals surface area contributed by atoms with Crippen LogP contribution in [0.3, 0.4) is 0 Å². The third-order valence-corrected chi connectivity index (χ3v) is 5.09. The number of piperidine rings is 1. The number of nitrogens with zero attached hydrogens (tertiary/aromatic N) is 3. The van der Waals surface area contributed by atoms with Gasteiger partial charge in [0.05, 0.1) is 0 Å². The van der Waals surface area contributed by atoms with Gasteiger partial charge in [-0.05, 0) is 52.4 Å². The van der Waals surface area contributed by atoms with Crippen LogP contribution in [-0.4, -0.2) is 29.1 Å². The van der Waals surface area contributed by atoms with Crippen LogP contribution in [0.5, 0.6) is 0 Å². The second-order valence-corrected chi connectivity index (χ2v) is 6.55. The molecule has 2 heterocycles. The van der Waals surface area contributed by atoms with Gasteiger partial charge < -0.3 is 10.2 Å². The molecule has 0 bridgehead atoms. The van der Waals surface area contributed by atoms with Crippen molar-refractivity contribution < 1.29 is 0 Å². The first-order valence-corrected chi connectivity index (χ1v) is 8.56. The summed E-state index contributed by atoms with van der Waals surface area (Å²) in [5.74, 6) is 3.95. The quantitative estimate of drug-likeness (QED) is 0.921. The zero-order valence-electron chi connectivity index (χ0n) is 13.7. The number of hydrogen-bond donors (Lipinski definition) is 1. The van der Waals surface area contributed by atoms with Crippen LogP contribution in [-0.2, 0) is 0 Å². The van der Waals surface area contributed by atoms with E-state index in [0.717, 1.165) is 30.6 Å². The number of anilines is 2. The smallest absolute Gasteiger partial charge is 0.137 e. The summed E-state index contributed by atoms with van der Waals surface area (Å²) in [6, 6.07) is 0.704. The van der Waals surface area contributed by atoms with Crippen molar-refractivity contribution in [2.45, 2.75) is 65.3 Å². The van der Waals surface area contributed by atoms with E-state index in [9.17, 15) is 0 Å². The molecule has 4 heteroatoms. The summed E-state index contributed by atoms with van der Waals surface area (Å²) in [6.07, 6.45) is 8.25. The topological polar surface area (TPSA) is 41.1 Å². The molecule has 0 unspecified atom stereocenters. The molecule has 2 aliphatic rings. The largest absolute Gasteiger partial charge is 0.370 e. The number of aryl methyl sites for hydroxylation is 1. The lowest BCUT2D eigenvalue weighted by molar-refractivity contribution is 0.242. The van der Waals surface area contributed by atoms with Gasteiger partial charge in [-0.1, -0.05) is 12.8 Å². The highest BCUT2D eigenvalue weighted by Gasteiger charge is 2.34. The van der Waals surface area contributed by atoms with E-state index >= 15 is 0 Å². The zero-order valence-corrected chi connectivity index (χ0v) is 13.7. The second-order valence-electron chi connectivity index (χ2n) is 6.55. The molecule has 1 aliphatic heterocycles. The molecular formula is C17H28N4. The lowest BCUT2D eigenvalue weighted by Gasteiger charge is -2.45. The van der Waals surface area contributed by atoms with Crippen molar-refractivity contribution in [1.82, 2.24) is 9.97 Å². The van der Waals surface area contributed by atoms with Crippen LogP contribution < -0.4 is 10.2 Å². The molecule has 3 rings (SSSR count). The van der Waals surface area contributed by atoms with E-state index in [1.807, 2.05) is 6.92 Å². The molecule has 1 N–H and O–H groups in total. The summed E-state index contributed by atoms with van der Waals surface area (Å²) < 4.78 is 0. The van der Waals surface area contributed by atoms with Gasteiger partial charge in [0.25, 0.3) is 0 Å². The van der Waals surface area contributed by atoms with Crippen LogP contribution in [0.2, 0.25) is 0 Å². The fourth-order valence-electron chi connectivity index (χ4n) is 4.12. The standard InChI is InChI=1S/C17H28N4/c1-4-18-16-12(2)17(20-13(3)19-16)21-11-7-9-14-8-5-6-10-15(14)21/h14-15H,4-11H2,1-3H3,(H,18,19,20)/t14-,15-/m1/s1. The highest BCUT2D eigenvalue weighted by atomic mass is 15.2. The summed E-state index contributed by atoms with van der Waals surface area (Å²) in [5, 5.41) is 3.39. The lowest BCUT2D eigenvalue weighted by Crippen LogP contribution is -2.47. The number of aromatic nitrogens is 2. The van der Waals surface area contributed by atoms with Crippen LogP contribution in [0.25, 0.3) is 0 Å². The Bertz CT molecular complexity index is 498. The molecular weight excluding hydrogens is 260 g/mol. The van der Waals surface area contributed by atoms with Crippen molar-refractivity contribution >= 4 is 11.6 Å². The summed E-state index contributed by atoms with van der Waals surface area (Å²) in [5.41, 5.74) is 1.22. The summed E-state index contributed by atoms with van der Waals surface area (Å²) in [4.78, 5) is 12.0. The minimum absolute atomic E-state index is 0.704. The normalized spacial score (nSPS) is 25.6. The van der Waals surface area contributed by atoms with Crippen molar-refractivity contribution in [2.24, 2.45) is 5.92 Å². The van der Waals surface area contributed by atoms with Crippen molar-refractivity contribution in [1.29, 1.82) is 0 Å². The molecule has 2 fully saturated rings. The Hall–Kier alpha value is -1.32. The van der Waals surface area contributed by atoms with Crippen LogP contribution >= 0.6 is 0 Å². The number of rotatable bonds is 3. The fraction of sp³-hybridized carbons (Fsp3) is 0.765. The van der Waals surface area contributed by atoms with E-state index in [0.29, 0.717) is 6.04 Å². The van der Waals surface area contributed by atoms with E-state index in [2.05, 4.69) is 29.0 Å². The summed E-state index contributed by atoms with van der Waals surface area (Å²) >= 11 is 0. The minimum atomic E-state index is 0.704.